The molecule has 0 bridgehead atoms. The Hall–Kier alpha value is -2.64. The van der Waals surface area contributed by atoms with Crippen molar-refractivity contribution in [2.75, 3.05) is 5.32 Å². The third kappa shape index (κ3) is 5.42. The van der Waals surface area contributed by atoms with E-state index in [0.717, 1.165) is 16.8 Å². The lowest BCUT2D eigenvalue weighted by molar-refractivity contribution is -0.122. The van der Waals surface area contributed by atoms with Crippen molar-refractivity contribution >= 4 is 52.2 Å². The Kier molecular flexibility index (Phi) is 6.26. The molecule has 3 rings (SSSR count). The summed E-state index contributed by atoms with van der Waals surface area (Å²) in [6, 6.07) is 14.6. The van der Waals surface area contributed by atoms with E-state index in [2.05, 4.69) is 20.8 Å². The van der Waals surface area contributed by atoms with Gasteiger partial charge in [-0.1, -0.05) is 53.7 Å². The fourth-order valence-electron chi connectivity index (χ4n) is 2.37. The number of anilines is 1. The highest BCUT2D eigenvalue weighted by atomic mass is 35.5. The average molecular weight is 401 g/mol. The van der Waals surface area contributed by atoms with Gasteiger partial charge in [0.2, 0.25) is 11.8 Å². The molecule has 1 atom stereocenters. The minimum Gasteiger partial charge on any atom is -0.326 e. The molecule has 2 aromatic rings. The highest BCUT2D eigenvalue weighted by Crippen LogP contribution is 2.23. The lowest BCUT2D eigenvalue weighted by Gasteiger charge is -2.09. The minimum absolute atomic E-state index is 0.0603. The second kappa shape index (κ2) is 8.83. The number of carbonyl (C=O) groups excluding carboxylic acids is 2. The van der Waals surface area contributed by atoms with Crippen LogP contribution in [-0.2, 0) is 9.59 Å². The number of hydrogen-bond acceptors (Lipinski definition) is 5. The summed E-state index contributed by atoms with van der Waals surface area (Å²) in [4.78, 5) is 24.3. The van der Waals surface area contributed by atoms with Crippen LogP contribution in [0.1, 0.15) is 17.5 Å². The molecule has 1 aliphatic rings. The van der Waals surface area contributed by atoms with E-state index in [1.165, 1.54) is 11.8 Å². The van der Waals surface area contributed by atoms with Gasteiger partial charge in [0, 0.05) is 17.1 Å². The Morgan fingerprint density at radius 2 is 2.00 bits per heavy atom. The summed E-state index contributed by atoms with van der Waals surface area (Å²) in [6.45, 7) is 1.91. The molecule has 1 aliphatic heterocycles. The number of hydrogen-bond donors (Lipinski definition) is 2. The number of amidine groups is 1. The van der Waals surface area contributed by atoms with E-state index in [1.54, 1.807) is 18.3 Å². The number of thioether (sulfide) groups is 1. The first-order valence-corrected chi connectivity index (χ1v) is 9.46. The van der Waals surface area contributed by atoms with Gasteiger partial charge in [0.15, 0.2) is 5.17 Å². The number of halogens is 1. The van der Waals surface area contributed by atoms with Crippen molar-refractivity contribution in [3.8, 4) is 0 Å². The lowest BCUT2D eigenvalue weighted by atomic mass is 10.2. The lowest BCUT2D eigenvalue weighted by Crippen LogP contribution is -2.28. The number of amides is 2. The zero-order valence-electron chi connectivity index (χ0n) is 14.5. The van der Waals surface area contributed by atoms with Gasteiger partial charge in [-0.15, -0.1) is 5.10 Å². The SMILES string of the molecule is Cc1ccccc1NC(=O)CC1S/C(=N/N=C/c2ccc(Cl)cc2)NC1=O. The van der Waals surface area contributed by atoms with Crippen molar-refractivity contribution in [2.24, 2.45) is 10.2 Å². The van der Waals surface area contributed by atoms with Gasteiger partial charge in [-0.05, 0) is 36.2 Å². The number of rotatable bonds is 5. The Bertz CT molecular complexity index is 912. The van der Waals surface area contributed by atoms with Crippen LogP contribution in [0.15, 0.2) is 58.7 Å². The number of benzene rings is 2. The van der Waals surface area contributed by atoms with E-state index >= 15 is 0 Å². The Labute approximate surface area is 166 Å². The number of carbonyl (C=O) groups is 2. The number of nitrogens with one attached hydrogen (secondary N) is 2. The maximum Gasteiger partial charge on any atom is 0.240 e. The van der Waals surface area contributed by atoms with Crippen LogP contribution in [0, 0.1) is 6.92 Å². The largest absolute Gasteiger partial charge is 0.326 e. The van der Waals surface area contributed by atoms with Crippen LogP contribution >= 0.6 is 23.4 Å². The maximum absolute atomic E-state index is 12.2. The van der Waals surface area contributed by atoms with Gasteiger partial charge in [0.25, 0.3) is 0 Å². The van der Waals surface area contributed by atoms with Crippen molar-refractivity contribution in [3.05, 3.63) is 64.7 Å². The van der Waals surface area contributed by atoms with Gasteiger partial charge in [-0.2, -0.15) is 5.10 Å². The van der Waals surface area contributed by atoms with Gasteiger partial charge in [0.1, 0.15) is 5.25 Å². The van der Waals surface area contributed by atoms with Crippen LogP contribution in [0.4, 0.5) is 5.69 Å². The number of nitrogens with zero attached hydrogens (tertiary/aromatic N) is 2. The quantitative estimate of drug-likeness (QED) is 0.594. The molecular weight excluding hydrogens is 384 g/mol. The van der Waals surface area contributed by atoms with Crippen molar-refractivity contribution in [1.29, 1.82) is 0 Å². The first-order chi connectivity index (χ1) is 13.0. The summed E-state index contributed by atoms with van der Waals surface area (Å²) >= 11 is 7.02. The van der Waals surface area contributed by atoms with E-state index in [4.69, 9.17) is 11.6 Å². The fourth-order valence-corrected chi connectivity index (χ4v) is 3.42. The van der Waals surface area contributed by atoms with Crippen molar-refractivity contribution in [1.82, 2.24) is 5.32 Å². The fraction of sp³-hybridized carbons (Fsp3) is 0.158. The summed E-state index contributed by atoms with van der Waals surface area (Å²) in [6.07, 6.45) is 1.62. The molecule has 6 nitrogen and oxygen atoms in total. The first kappa shape index (κ1) is 19.1. The summed E-state index contributed by atoms with van der Waals surface area (Å²) in [7, 11) is 0. The molecule has 1 saturated heterocycles. The van der Waals surface area contributed by atoms with E-state index in [0.29, 0.717) is 10.2 Å². The molecule has 8 heteroatoms. The van der Waals surface area contributed by atoms with Crippen LogP contribution in [0.25, 0.3) is 0 Å². The van der Waals surface area contributed by atoms with Gasteiger partial charge >= 0.3 is 0 Å². The van der Waals surface area contributed by atoms with E-state index in [9.17, 15) is 9.59 Å². The molecule has 0 saturated carbocycles. The molecule has 2 N–H and O–H groups in total. The van der Waals surface area contributed by atoms with Gasteiger partial charge < -0.3 is 10.6 Å². The number of aryl methyl sites for hydroxylation is 1. The molecule has 0 aliphatic carbocycles. The predicted molar refractivity (Wildman–Crippen MR) is 110 cm³/mol. The van der Waals surface area contributed by atoms with Gasteiger partial charge in [-0.3, -0.25) is 9.59 Å². The van der Waals surface area contributed by atoms with E-state index < -0.39 is 5.25 Å². The molecule has 1 heterocycles. The number of para-hydroxylation sites is 1. The zero-order valence-corrected chi connectivity index (χ0v) is 16.1. The van der Waals surface area contributed by atoms with E-state index in [-0.39, 0.29) is 18.2 Å². The van der Waals surface area contributed by atoms with Crippen molar-refractivity contribution in [3.63, 3.8) is 0 Å². The van der Waals surface area contributed by atoms with E-state index in [1.807, 2.05) is 43.3 Å². The smallest absolute Gasteiger partial charge is 0.240 e. The van der Waals surface area contributed by atoms with Crippen LogP contribution in [-0.4, -0.2) is 28.4 Å². The van der Waals surface area contributed by atoms with Gasteiger partial charge in [0.05, 0.1) is 6.21 Å². The second-order valence-electron chi connectivity index (χ2n) is 5.86. The highest BCUT2D eigenvalue weighted by molar-refractivity contribution is 8.15. The predicted octanol–water partition coefficient (Wildman–Crippen LogP) is 3.60. The first-order valence-electron chi connectivity index (χ1n) is 8.21. The van der Waals surface area contributed by atoms with Crippen LogP contribution in [0.3, 0.4) is 0 Å². The van der Waals surface area contributed by atoms with Gasteiger partial charge in [-0.25, -0.2) is 0 Å². The normalized spacial score (nSPS) is 18.1. The molecule has 138 valence electrons. The zero-order chi connectivity index (χ0) is 19.2. The second-order valence-corrected chi connectivity index (χ2v) is 7.49. The molecular formula is C19H17ClN4O2S. The molecule has 1 fully saturated rings. The van der Waals surface area contributed by atoms with Crippen molar-refractivity contribution < 1.29 is 9.59 Å². The summed E-state index contributed by atoms with van der Waals surface area (Å²) < 4.78 is 0. The molecule has 2 amide bonds. The van der Waals surface area contributed by atoms with Crippen LogP contribution in [0.5, 0.6) is 0 Å². The Morgan fingerprint density at radius 1 is 1.26 bits per heavy atom. The Balaban J connectivity index is 1.56. The topological polar surface area (TPSA) is 82.9 Å². The average Bonchev–Trinajstić information content (AvgIpc) is 2.98. The maximum atomic E-state index is 12.2. The summed E-state index contributed by atoms with van der Waals surface area (Å²) in [5.74, 6) is -0.469. The van der Waals surface area contributed by atoms with Crippen molar-refractivity contribution in [2.45, 2.75) is 18.6 Å². The van der Waals surface area contributed by atoms with Crippen LogP contribution in [0.2, 0.25) is 5.02 Å². The summed E-state index contributed by atoms with van der Waals surface area (Å²) in [5, 5.41) is 13.9. The minimum atomic E-state index is -0.529. The van der Waals surface area contributed by atoms with Crippen LogP contribution < -0.4 is 10.6 Å². The molecule has 2 aromatic carbocycles. The standard InChI is InChI=1S/C19H17ClN4O2S/c1-12-4-2-3-5-15(12)22-17(25)10-16-18(26)23-19(27-16)24-21-11-13-6-8-14(20)9-7-13/h2-9,11,16H,10H2,1H3,(H,22,25)(H,23,24,26)/b21-11+. The molecule has 1 unspecified atom stereocenters. The highest BCUT2D eigenvalue weighted by Gasteiger charge is 2.32. The summed E-state index contributed by atoms with van der Waals surface area (Å²) in [5.41, 5.74) is 2.55. The molecule has 0 aromatic heterocycles. The third-order valence-corrected chi connectivity index (χ3v) is 5.12. The molecule has 27 heavy (non-hydrogen) atoms. The molecule has 0 spiro atoms. The Morgan fingerprint density at radius 3 is 2.74 bits per heavy atom. The third-order valence-electron chi connectivity index (χ3n) is 3.79. The monoisotopic (exact) mass is 400 g/mol. The molecule has 0 radical (unpaired) electrons.